The Morgan fingerprint density at radius 2 is 1.09 bits per heavy atom. The van der Waals surface area contributed by atoms with Crippen LogP contribution in [0.25, 0.3) is 0 Å². The average Bonchev–Trinajstić information content (AvgIpc) is 2.45. The van der Waals surface area contributed by atoms with Crippen LogP contribution >= 0.6 is 0 Å². The molecule has 0 aromatic heterocycles. The Labute approximate surface area is 161 Å². The third-order valence-electron chi connectivity index (χ3n) is 6.41. The van der Waals surface area contributed by atoms with Gasteiger partial charge in [0.25, 0.3) is 0 Å². The van der Waals surface area contributed by atoms with Crippen LogP contribution in [0.2, 0.25) is 0 Å². The topological polar surface area (TPSA) is 0 Å². The third kappa shape index (κ3) is 2.51. The van der Waals surface area contributed by atoms with E-state index in [0.717, 1.165) is 11.8 Å². The molecule has 0 amide bonds. The second-order valence-corrected chi connectivity index (χ2v) is 8.01. The van der Waals surface area contributed by atoms with Crippen LogP contribution in [0.1, 0.15) is 67.2 Å². The van der Waals surface area contributed by atoms with Gasteiger partial charge in [-0.3, -0.25) is 0 Å². The van der Waals surface area contributed by atoms with Crippen molar-refractivity contribution in [2.45, 2.75) is 67.2 Å². The first kappa shape index (κ1) is 20.5. The van der Waals surface area contributed by atoms with Gasteiger partial charge in [0.2, 0.25) is 0 Å². The predicted molar refractivity (Wildman–Crippen MR) is 102 cm³/mol. The van der Waals surface area contributed by atoms with Crippen LogP contribution in [-0.2, 0) is 0 Å². The summed E-state index contributed by atoms with van der Waals surface area (Å²) < 4.78 is 0. The molecule has 0 aromatic rings. The minimum absolute atomic E-state index is 0. The van der Waals surface area contributed by atoms with Crippen molar-refractivity contribution in [1.29, 1.82) is 0 Å². The van der Waals surface area contributed by atoms with E-state index in [-0.39, 0.29) is 37.7 Å². The summed E-state index contributed by atoms with van der Waals surface area (Å²) in [5.74, 6) is 1.66. The van der Waals surface area contributed by atoms with Crippen molar-refractivity contribution in [3.63, 3.8) is 0 Å². The zero-order valence-electron chi connectivity index (χ0n) is 14.1. The Morgan fingerprint density at radius 1 is 0.773 bits per heavy atom. The van der Waals surface area contributed by atoms with Crippen LogP contribution in [0.3, 0.4) is 0 Å². The standard InChI is InChI=1S/C20H30.2Li.2H/c1-7-13(3)11-19(5)15-9-10-16-17(19)18(15)20(16,6)12-14(4)8-2;;;;/h9-10,13-14H,7-8,11-12H2,1-6H3;;;;. The maximum absolute atomic E-state index is 2.49. The molecular formula is C20H32Li2. The van der Waals surface area contributed by atoms with Gasteiger partial charge in [0.1, 0.15) is 0 Å². The summed E-state index contributed by atoms with van der Waals surface area (Å²) in [4.78, 5) is 0. The van der Waals surface area contributed by atoms with E-state index < -0.39 is 0 Å². The predicted octanol–water partition coefficient (Wildman–Crippen LogP) is 4.76. The molecule has 2 heteroatoms. The zero-order chi connectivity index (χ0) is 14.7. The summed E-state index contributed by atoms with van der Waals surface area (Å²) in [6.45, 7) is 14.4. The number of fused-ring (bicyclic) bond motifs is 1. The molecule has 0 spiro atoms. The van der Waals surface area contributed by atoms with Crippen LogP contribution in [0.15, 0.2) is 34.4 Å². The van der Waals surface area contributed by atoms with E-state index >= 15 is 0 Å². The van der Waals surface area contributed by atoms with E-state index in [1.165, 1.54) is 25.7 Å². The number of allylic oxidation sites excluding steroid dienone is 6. The number of hydrogen-bond donors (Lipinski definition) is 0. The van der Waals surface area contributed by atoms with Crippen LogP contribution in [0.4, 0.5) is 0 Å². The van der Waals surface area contributed by atoms with E-state index in [1.54, 1.807) is 22.3 Å². The molecule has 0 heterocycles. The molecule has 0 nitrogen and oxygen atoms in total. The van der Waals surface area contributed by atoms with Crippen LogP contribution in [0, 0.1) is 22.7 Å². The summed E-state index contributed by atoms with van der Waals surface area (Å²) in [7, 11) is 0. The molecule has 0 radical (unpaired) electrons. The zero-order valence-corrected chi connectivity index (χ0v) is 14.1. The SMILES string of the molecule is CCC(C)CC1(C)C2=CC=C3C1=C2C3(C)CC(C)CC.[LiH].[LiH]. The summed E-state index contributed by atoms with van der Waals surface area (Å²) in [5, 5.41) is 0. The fourth-order valence-electron chi connectivity index (χ4n) is 4.92. The molecule has 114 valence electrons. The van der Waals surface area contributed by atoms with Crippen molar-refractivity contribution < 1.29 is 0 Å². The third-order valence-corrected chi connectivity index (χ3v) is 6.41. The van der Waals surface area contributed by atoms with E-state index in [9.17, 15) is 0 Å². The summed E-state index contributed by atoms with van der Waals surface area (Å²) >= 11 is 0. The molecule has 0 saturated heterocycles. The Kier molecular flexibility index (Phi) is 6.26. The van der Waals surface area contributed by atoms with Crippen molar-refractivity contribution in [2.75, 3.05) is 0 Å². The second-order valence-electron chi connectivity index (χ2n) is 8.01. The monoisotopic (exact) mass is 286 g/mol. The van der Waals surface area contributed by atoms with Gasteiger partial charge >= 0.3 is 37.7 Å². The summed E-state index contributed by atoms with van der Waals surface area (Å²) in [5.41, 5.74) is 7.61. The maximum atomic E-state index is 2.49. The van der Waals surface area contributed by atoms with Crippen molar-refractivity contribution in [1.82, 2.24) is 0 Å². The van der Waals surface area contributed by atoms with Crippen molar-refractivity contribution in [3.05, 3.63) is 34.4 Å². The van der Waals surface area contributed by atoms with Gasteiger partial charge in [-0.15, -0.1) is 0 Å². The van der Waals surface area contributed by atoms with Crippen LogP contribution in [0.5, 0.6) is 0 Å². The van der Waals surface area contributed by atoms with Crippen LogP contribution in [-0.4, -0.2) is 37.7 Å². The Balaban J connectivity index is 0.00000121. The van der Waals surface area contributed by atoms with Gasteiger partial charge in [0.05, 0.1) is 0 Å². The molecule has 4 bridgehead atoms. The molecule has 0 saturated carbocycles. The fourth-order valence-corrected chi connectivity index (χ4v) is 4.92. The molecule has 4 unspecified atom stereocenters. The normalized spacial score (nSPS) is 33.4. The molecule has 4 rings (SSSR count). The Hall–Kier alpha value is 0.415. The minimum atomic E-state index is 0. The van der Waals surface area contributed by atoms with Gasteiger partial charge in [0, 0.05) is 10.8 Å². The van der Waals surface area contributed by atoms with Crippen LogP contribution < -0.4 is 0 Å². The fraction of sp³-hybridized carbons (Fsp3) is 0.700. The molecule has 4 aliphatic carbocycles. The van der Waals surface area contributed by atoms with Gasteiger partial charge < -0.3 is 0 Å². The number of hydrogen-bond acceptors (Lipinski definition) is 0. The first-order valence-corrected chi connectivity index (χ1v) is 8.57. The molecule has 4 atom stereocenters. The molecule has 0 aromatic carbocycles. The van der Waals surface area contributed by atoms with Gasteiger partial charge in [-0.1, -0.05) is 66.5 Å². The molecule has 4 aliphatic rings. The average molecular weight is 286 g/mol. The first-order valence-electron chi connectivity index (χ1n) is 8.57. The second kappa shape index (κ2) is 6.73. The molecule has 0 N–H and O–H groups in total. The quantitative estimate of drug-likeness (QED) is 0.617. The Bertz CT molecular complexity index is 492. The van der Waals surface area contributed by atoms with Gasteiger partial charge in [-0.05, 0) is 47.0 Å². The molecule has 22 heavy (non-hydrogen) atoms. The van der Waals surface area contributed by atoms with Gasteiger partial charge in [-0.25, -0.2) is 0 Å². The summed E-state index contributed by atoms with van der Waals surface area (Å²) in [6.07, 6.45) is 10.1. The van der Waals surface area contributed by atoms with Crippen molar-refractivity contribution in [2.24, 2.45) is 22.7 Å². The van der Waals surface area contributed by atoms with E-state index in [2.05, 4.69) is 53.7 Å². The molecule has 0 aliphatic heterocycles. The van der Waals surface area contributed by atoms with Gasteiger partial charge in [-0.2, -0.15) is 0 Å². The first-order chi connectivity index (χ1) is 9.38. The van der Waals surface area contributed by atoms with Crippen molar-refractivity contribution >= 4 is 37.7 Å². The van der Waals surface area contributed by atoms with E-state index in [0.29, 0.717) is 10.8 Å². The number of rotatable bonds is 6. The summed E-state index contributed by atoms with van der Waals surface area (Å²) in [6, 6.07) is 0. The molecule has 0 fully saturated rings. The van der Waals surface area contributed by atoms with Gasteiger partial charge in [0.15, 0.2) is 0 Å². The van der Waals surface area contributed by atoms with Crippen molar-refractivity contribution in [3.8, 4) is 0 Å². The Morgan fingerprint density at radius 3 is 1.32 bits per heavy atom. The molecular weight excluding hydrogens is 254 g/mol. The van der Waals surface area contributed by atoms with E-state index in [1.807, 2.05) is 0 Å². The van der Waals surface area contributed by atoms with E-state index in [4.69, 9.17) is 0 Å².